The monoisotopic (exact) mass is 466 g/mol. The molecule has 0 aromatic carbocycles. The summed E-state index contributed by atoms with van der Waals surface area (Å²) in [6, 6.07) is 0. The Bertz CT molecular complexity index is 629. The zero-order chi connectivity index (χ0) is 22.6. The van der Waals surface area contributed by atoms with E-state index in [1.54, 1.807) is 0 Å². The van der Waals surface area contributed by atoms with Crippen molar-refractivity contribution in [1.29, 1.82) is 0 Å². The van der Waals surface area contributed by atoms with Gasteiger partial charge in [0.15, 0.2) is 12.6 Å². The number of hydrogen-bond acceptors (Lipinski definition) is 14. The molecule has 5 unspecified atom stereocenters. The number of ether oxygens (including phenoxy) is 4. The molecule has 2 rings (SSSR count). The summed E-state index contributed by atoms with van der Waals surface area (Å²) in [6.45, 7) is 0.00971. The molecule has 16 heteroatoms. The molecule has 15 nitrogen and oxygen atoms in total. The van der Waals surface area contributed by atoms with Crippen LogP contribution in [0.3, 0.4) is 0 Å². The summed E-state index contributed by atoms with van der Waals surface area (Å²) < 4.78 is 56.0. The first kappa shape index (κ1) is 25.7. The third-order valence-corrected chi connectivity index (χ3v) is 5.32. The van der Waals surface area contributed by atoms with Gasteiger partial charge in [0.25, 0.3) is 0 Å². The normalized spacial score (nSPS) is 42.9. The Balaban J connectivity index is 2.20. The summed E-state index contributed by atoms with van der Waals surface area (Å²) in [5.74, 6) is -0.820. The Morgan fingerprint density at radius 2 is 1.60 bits per heavy atom. The maximum absolute atomic E-state index is 10.9. The number of aliphatic hydroxyl groups excluding tert-OH is 4. The predicted molar refractivity (Wildman–Crippen MR) is 89.6 cm³/mol. The first-order valence-corrected chi connectivity index (χ1v) is 10.1. The minimum atomic E-state index is -4.87. The van der Waals surface area contributed by atoms with Gasteiger partial charge < -0.3 is 39.4 Å². The topological polar surface area (TPSA) is 220 Å². The highest BCUT2D eigenvalue weighted by Gasteiger charge is 2.51. The molecule has 0 aromatic rings. The second kappa shape index (κ2) is 10.8. The smallest absolute Gasteiger partial charge is 0.394 e. The number of rotatable bonds is 9. The lowest BCUT2D eigenvalue weighted by atomic mass is 9.90. The first-order chi connectivity index (χ1) is 14.0. The van der Waals surface area contributed by atoms with Crippen molar-refractivity contribution < 1.29 is 71.7 Å². The van der Waals surface area contributed by atoms with Crippen molar-refractivity contribution >= 4 is 10.4 Å². The first-order valence-electron chi connectivity index (χ1n) is 8.77. The van der Waals surface area contributed by atoms with Crippen LogP contribution in [0.1, 0.15) is 6.92 Å². The molecule has 0 spiro atoms. The van der Waals surface area contributed by atoms with E-state index in [1.165, 1.54) is 6.92 Å². The van der Waals surface area contributed by atoms with Crippen molar-refractivity contribution in [3.8, 4) is 0 Å². The largest absolute Gasteiger partial charge is 0.397 e. The molecule has 0 aromatic heterocycles. The van der Waals surface area contributed by atoms with Crippen molar-refractivity contribution in [3.05, 3.63) is 0 Å². The summed E-state index contributed by atoms with van der Waals surface area (Å²) >= 11 is 0. The molecule has 0 bridgehead atoms. The maximum Gasteiger partial charge on any atom is 0.397 e. The maximum atomic E-state index is 10.9. The average molecular weight is 466 g/mol. The molecule has 30 heavy (non-hydrogen) atoms. The fourth-order valence-electron chi connectivity index (χ4n) is 3.28. The van der Waals surface area contributed by atoms with Gasteiger partial charge in [-0.2, -0.15) is 13.3 Å². The second-order valence-corrected chi connectivity index (χ2v) is 7.87. The van der Waals surface area contributed by atoms with Crippen LogP contribution in [0.5, 0.6) is 0 Å². The van der Waals surface area contributed by atoms with Gasteiger partial charge in [-0.3, -0.25) is 4.55 Å². The van der Waals surface area contributed by atoms with E-state index in [0.29, 0.717) is 0 Å². The van der Waals surface area contributed by atoms with E-state index >= 15 is 0 Å². The van der Waals surface area contributed by atoms with E-state index in [-0.39, 0.29) is 0 Å². The lowest BCUT2D eigenvalue weighted by Crippen LogP contribution is -2.63. The van der Waals surface area contributed by atoms with Crippen LogP contribution in [-0.4, -0.2) is 114 Å². The average Bonchev–Trinajstić information content (AvgIpc) is 2.69. The van der Waals surface area contributed by atoms with E-state index in [9.17, 15) is 28.8 Å². The summed E-state index contributed by atoms with van der Waals surface area (Å²) in [5, 5.41) is 52.6. The van der Waals surface area contributed by atoms with Gasteiger partial charge in [0.2, 0.25) is 0 Å². The van der Waals surface area contributed by atoms with Crippen LogP contribution in [0.4, 0.5) is 0 Å². The molecular formula is C14H26O15S. The molecule has 0 aliphatic carbocycles. The fraction of sp³-hybridized carbons (Fsp3) is 1.00. The standard InChI is InChI=1S/C14H26O15S/c1-5-8(16)14(25-6(3-15)11(5)28-29-19)27-12-7(4-24-30(20,21)22)26-13(23-2)10(18)9(12)17/h5-19H,3-4H2,1-2H3,(H,20,21,22)/t5?,6?,7?,8-,9?,10-,11+,12-,13-,14?/m0/s1. The van der Waals surface area contributed by atoms with E-state index in [1.807, 2.05) is 0 Å². The van der Waals surface area contributed by atoms with Crippen LogP contribution >= 0.6 is 0 Å². The Kier molecular flexibility index (Phi) is 9.28. The van der Waals surface area contributed by atoms with Crippen LogP contribution in [0, 0.1) is 5.92 Å². The second-order valence-electron chi connectivity index (χ2n) is 6.78. The Labute approximate surface area is 171 Å². The Hall–Kier alpha value is -0.570. The highest BCUT2D eigenvalue weighted by Crippen LogP contribution is 2.32. The minimum Gasteiger partial charge on any atom is -0.394 e. The summed E-state index contributed by atoms with van der Waals surface area (Å²) in [6.07, 6.45) is -12.8. The zero-order valence-electron chi connectivity index (χ0n) is 16.0. The molecule has 0 radical (unpaired) electrons. The molecule has 2 fully saturated rings. The molecule has 2 aliphatic heterocycles. The summed E-state index contributed by atoms with van der Waals surface area (Å²) in [4.78, 5) is 4.58. The Morgan fingerprint density at radius 1 is 0.967 bits per heavy atom. The zero-order valence-corrected chi connectivity index (χ0v) is 16.8. The van der Waals surface area contributed by atoms with E-state index in [0.717, 1.165) is 7.11 Å². The van der Waals surface area contributed by atoms with Crippen molar-refractivity contribution in [2.45, 2.75) is 62.2 Å². The molecule has 2 saturated heterocycles. The van der Waals surface area contributed by atoms with Gasteiger partial charge in [-0.05, 0) is 0 Å². The highest BCUT2D eigenvalue weighted by atomic mass is 32.3. The third-order valence-electron chi connectivity index (χ3n) is 4.89. The van der Waals surface area contributed by atoms with Gasteiger partial charge in [0.05, 0.1) is 13.2 Å². The van der Waals surface area contributed by atoms with Crippen molar-refractivity contribution in [3.63, 3.8) is 0 Å². The van der Waals surface area contributed by atoms with E-state index in [2.05, 4.69) is 14.1 Å². The van der Waals surface area contributed by atoms with Crippen molar-refractivity contribution in [1.82, 2.24) is 0 Å². The van der Waals surface area contributed by atoms with Crippen LogP contribution in [0.2, 0.25) is 0 Å². The number of methoxy groups -OCH3 is 1. The minimum absolute atomic E-state index is 0.627. The SMILES string of the molecule is CO[C@H]1OC(COS(=O)(=O)O)[C@H](OC2OC(CO)[C@H](OOO)C(C)[C@@H]2O)C(O)[C@@H]1O. The number of hydrogen-bond donors (Lipinski definition) is 6. The van der Waals surface area contributed by atoms with E-state index in [4.69, 9.17) is 28.8 Å². The highest BCUT2D eigenvalue weighted by molar-refractivity contribution is 7.80. The molecule has 6 N–H and O–H groups in total. The number of aliphatic hydroxyl groups is 4. The predicted octanol–water partition coefficient (Wildman–Crippen LogP) is -3.21. The lowest BCUT2D eigenvalue weighted by molar-refractivity contribution is -0.524. The van der Waals surface area contributed by atoms with Crippen molar-refractivity contribution in [2.75, 3.05) is 20.3 Å². The van der Waals surface area contributed by atoms with Gasteiger partial charge in [-0.1, -0.05) is 12.0 Å². The van der Waals surface area contributed by atoms with Crippen LogP contribution in [0.25, 0.3) is 0 Å². The quantitative estimate of drug-likeness (QED) is 0.112. The fourth-order valence-corrected chi connectivity index (χ4v) is 3.59. The van der Waals surface area contributed by atoms with E-state index < -0.39 is 84.8 Å². The van der Waals surface area contributed by atoms with Gasteiger partial charge in [-0.15, -0.1) is 0 Å². The van der Waals surface area contributed by atoms with Crippen LogP contribution in [0.15, 0.2) is 0 Å². The molecule has 0 saturated carbocycles. The molecule has 10 atom stereocenters. The third kappa shape index (κ3) is 6.02. The summed E-state index contributed by atoms with van der Waals surface area (Å²) in [7, 11) is -3.71. The van der Waals surface area contributed by atoms with Crippen LogP contribution in [-0.2, 0) is 43.5 Å². The molecule has 0 amide bonds. The Morgan fingerprint density at radius 3 is 2.13 bits per heavy atom. The summed E-state index contributed by atoms with van der Waals surface area (Å²) in [5.41, 5.74) is 0. The van der Waals surface area contributed by atoms with Gasteiger partial charge in [0, 0.05) is 13.0 Å². The molecular weight excluding hydrogens is 440 g/mol. The lowest BCUT2D eigenvalue weighted by Gasteiger charge is -2.46. The van der Waals surface area contributed by atoms with Crippen molar-refractivity contribution in [2.24, 2.45) is 5.92 Å². The molecule has 178 valence electrons. The van der Waals surface area contributed by atoms with Gasteiger partial charge in [-0.25, -0.2) is 9.44 Å². The molecule has 2 heterocycles. The van der Waals surface area contributed by atoms with Gasteiger partial charge >= 0.3 is 10.4 Å². The van der Waals surface area contributed by atoms with Crippen LogP contribution < -0.4 is 0 Å². The molecule has 2 aliphatic rings. The van der Waals surface area contributed by atoms with Gasteiger partial charge in [0.1, 0.15) is 42.7 Å².